The number of hydrogen-bond acceptors (Lipinski definition) is 2. The van der Waals surface area contributed by atoms with E-state index in [0.717, 1.165) is 38.4 Å². The van der Waals surface area contributed by atoms with Gasteiger partial charge in [-0.3, -0.25) is 4.79 Å². The summed E-state index contributed by atoms with van der Waals surface area (Å²) in [6.45, 7) is 5.10. The lowest BCUT2D eigenvalue weighted by molar-refractivity contribution is -0.132. The number of likely N-dealkylation sites (N-methyl/N-ethyl adjacent to an activating group) is 1. The van der Waals surface area contributed by atoms with Crippen LogP contribution in [-0.4, -0.2) is 36.5 Å². The molecule has 1 unspecified atom stereocenters. The van der Waals surface area contributed by atoms with Crippen molar-refractivity contribution in [2.45, 2.75) is 57.9 Å². The molecule has 1 saturated carbocycles. The highest BCUT2D eigenvalue weighted by molar-refractivity contribution is 5.76. The van der Waals surface area contributed by atoms with Crippen molar-refractivity contribution >= 4 is 5.91 Å². The molecular weight excluding hydrogens is 212 g/mol. The molecule has 1 atom stereocenters. The second kappa shape index (κ2) is 6.39. The highest BCUT2D eigenvalue weighted by Crippen LogP contribution is 2.33. The lowest BCUT2D eigenvalue weighted by Crippen LogP contribution is -2.45. The zero-order valence-corrected chi connectivity index (χ0v) is 11.1. The lowest BCUT2D eigenvalue weighted by atomic mass is 10.1. The minimum Gasteiger partial charge on any atom is -0.341 e. The van der Waals surface area contributed by atoms with E-state index in [1.54, 1.807) is 0 Å². The highest BCUT2D eigenvalue weighted by Gasteiger charge is 2.32. The molecule has 17 heavy (non-hydrogen) atoms. The van der Waals surface area contributed by atoms with Gasteiger partial charge in [0.2, 0.25) is 5.91 Å². The third-order valence-corrected chi connectivity index (χ3v) is 4.00. The van der Waals surface area contributed by atoms with Gasteiger partial charge in [-0.05, 0) is 38.1 Å². The quantitative estimate of drug-likeness (QED) is 0.796. The standard InChI is InChI=1S/C14H26N2O/c1-2-15-13(12-8-9-12)11-16-10-6-4-3-5-7-14(16)17/h12-13,15H,2-11H2,1H3. The number of nitrogens with one attached hydrogen (secondary N) is 1. The molecule has 98 valence electrons. The van der Waals surface area contributed by atoms with Crippen molar-refractivity contribution < 1.29 is 4.79 Å². The molecule has 1 amide bonds. The summed E-state index contributed by atoms with van der Waals surface area (Å²) in [7, 11) is 0. The maximum atomic E-state index is 12.0. The molecule has 2 fully saturated rings. The Morgan fingerprint density at radius 2 is 2.06 bits per heavy atom. The van der Waals surface area contributed by atoms with Gasteiger partial charge in [0.1, 0.15) is 0 Å². The van der Waals surface area contributed by atoms with Crippen LogP contribution in [-0.2, 0) is 4.79 Å². The SMILES string of the molecule is CCNC(CN1CCCCCCC1=O)C1CC1. The van der Waals surface area contributed by atoms with Crippen LogP contribution in [0.2, 0.25) is 0 Å². The van der Waals surface area contributed by atoms with Crippen molar-refractivity contribution in [1.29, 1.82) is 0 Å². The number of amides is 1. The van der Waals surface area contributed by atoms with Crippen LogP contribution in [0.15, 0.2) is 0 Å². The van der Waals surface area contributed by atoms with E-state index in [0.29, 0.717) is 11.9 Å². The van der Waals surface area contributed by atoms with Crippen LogP contribution in [0.25, 0.3) is 0 Å². The average molecular weight is 238 g/mol. The first kappa shape index (κ1) is 12.9. The van der Waals surface area contributed by atoms with Crippen LogP contribution < -0.4 is 5.32 Å². The summed E-state index contributed by atoms with van der Waals surface area (Å²) in [5.41, 5.74) is 0. The second-order valence-corrected chi connectivity index (χ2v) is 5.51. The molecule has 0 aromatic carbocycles. The monoisotopic (exact) mass is 238 g/mol. The first-order valence-electron chi connectivity index (χ1n) is 7.32. The zero-order valence-electron chi connectivity index (χ0n) is 11.1. The molecule has 0 spiro atoms. The third-order valence-electron chi connectivity index (χ3n) is 4.00. The molecular formula is C14H26N2O. The molecule has 2 aliphatic rings. The van der Waals surface area contributed by atoms with E-state index in [1.807, 2.05) is 0 Å². The number of carbonyl (C=O) groups excluding carboxylic acids is 1. The maximum absolute atomic E-state index is 12.0. The summed E-state index contributed by atoms with van der Waals surface area (Å²) in [6.07, 6.45) is 8.26. The average Bonchev–Trinajstić information content (AvgIpc) is 3.11. The van der Waals surface area contributed by atoms with Crippen LogP contribution in [0.1, 0.15) is 51.9 Å². The Labute approximate surface area is 105 Å². The summed E-state index contributed by atoms with van der Waals surface area (Å²) in [5.74, 6) is 1.21. The fraction of sp³-hybridized carbons (Fsp3) is 0.929. The zero-order chi connectivity index (χ0) is 12.1. The van der Waals surface area contributed by atoms with E-state index in [-0.39, 0.29) is 0 Å². The van der Waals surface area contributed by atoms with Gasteiger partial charge in [0.25, 0.3) is 0 Å². The molecule has 1 N–H and O–H groups in total. The minimum absolute atomic E-state index is 0.383. The van der Waals surface area contributed by atoms with Gasteiger partial charge in [-0.2, -0.15) is 0 Å². The van der Waals surface area contributed by atoms with Gasteiger partial charge < -0.3 is 10.2 Å². The first-order chi connectivity index (χ1) is 8.31. The van der Waals surface area contributed by atoms with Gasteiger partial charge in [0.15, 0.2) is 0 Å². The van der Waals surface area contributed by atoms with Crippen molar-refractivity contribution in [1.82, 2.24) is 10.2 Å². The summed E-state index contributed by atoms with van der Waals surface area (Å²) in [6, 6.07) is 0.545. The maximum Gasteiger partial charge on any atom is 0.222 e. The van der Waals surface area contributed by atoms with Crippen molar-refractivity contribution in [2.24, 2.45) is 5.92 Å². The number of likely N-dealkylation sites (tertiary alicyclic amines) is 1. The predicted molar refractivity (Wildman–Crippen MR) is 69.9 cm³/mol. The molecule has 2 rings (SSSR count). The largest absolute Gasteiger partial charge is 0.341 e. The molecule has 0 radical (unpaired) electrons. The van der Waals surface area contributed by atoms with E-state index in [2.05, 4.69) is 17.1 Å². The van der Waals surface area contributed by atoms with Crippen molar-refractivity contribution in [3.63, 3.8) is 0 Å². The predicted octanol–water partition coefficient (Wildman–Crippen LogP) is 2.17. The summed E-state index contributed by atoms with van der Waals surface area (Å²) >= 11 is 0. The molecule has 0 aromatic heterocycles. The number of rotatable bonds is 5. The number of nitrogens with zero attached hydrogens (tertiary/aromatic N) is 1. The van der Waals surface area contributed by atoms with Crippen LogP contribution in [0.3, 0.4) is 0 Å². The lowest BCUT2D eigenvalue weighted by Gasteiger charge is -2.29. The fourth-order valence-corrected chi connectivity index (χ4v) is 2.79. The molecule has 3 nitrogen and oxygen atoms in total. The topological polar surface area (TPSA) is 32.3 Å². The van der Waals surface area contributed by atoms with Crippen LogP contribution >= 0.6 is 0 Å². The Balaban J connectivity index is 1.86. The van der Waals surface area contributed by atoms with Crippen molar-refractivity contribution in [3.05, 3.63) is 0 Å². The van der Waals surface area contributed by atoms with Gasteiger partial charge in [-0.1, -0.05) is 19.8 Å². The summed E-state index contributed by atoms with van der Waals surface area (Å²) in [5, 5.41) is 3.55. The van der Waals surface area contributed by atoms with Crippen LogP contribution in [0, 0.1) is 5.92 Å². The van der Waals surface area contributed by atoms with E-state index in [9.17, 15) is 4.79 Å². The van der Waals surface area contributed by atoms with Crippen molar-refractivity contribution in [3.8, 4) is 0 Å². The number of hydrogen-bond donors (Lipinski definition) is 1. The molecule has 1 saturated heterocycles. The highest BCUT2D eigenvalue weighted by atomic mass is 16.2. The second-order valence-electron chi connectivity index (χ2n) is 5.51. The smallest absolute Gasteiger partial charge is 0.222 e. The Bertz CT molecular complexity index is 251. The number of carbonyl (C=O) groups is 1. The summed E-state index contributed by atoms with van der Waals surface area (Å²) < 4.78 is 0. The Morgan fingerprint density at radius 3 is 2.76 bits per heavy atom. The molecule has 1 aliphatic heterocycles. The van der Waals surface area contributed by atoms with Crippen molar-refractivity contribution in [2.75, 3.05) is 19.6 Å². The Hall–Kier alpha value is -0.570. The molecule has 1 heterocycles. The molecule has 0 bridgehead atoms. The van der Waals surface area contributed by atoms with E-state index in [1.165, 1.54) is 32.1 Å². The van der Waals surface area contributed by atoms with Crippen LogP contribution in [0.4, 0.5) is 0 Å². The summed E-state index contributed by atoms with van der Waals surface area (Å²) in [4.78, 5) is 14.2. The molecule has 0 aromatic rings. The van der Waals surface area contributed by atoms with Gasteiger partial charge in [-0.15, -0.1) is 0 Å². The molecule has 1 aliphatic carbocycles. The Morgan fingerprint density at radius 1 is 1.29 bits per heavy atom. The van der Waals surface area contributed by atoms with Gasteiger partial charge in [0.05, 0.1) is 0 Å². The molecule has 3 heteroatoms. The van der Waals surface area contributed by atoms with Crippen LogP contribution in [0.5, 0.6) is 0 Å². The first-order valence-corrected chi connectivity index (χ1v) is 7.32. The van der Waals surface area contributed by atoms with E-state index >= 15 is 0 Å². The van der Waals surface area contributed by atoms with E-state index in [4.69, 9.17) is 0 Å². The third kappa shape index (κ3) is 3.98. The minimum atomic E-state index is 0.383. The van der Waals surface area contributed by atoms with Gasteiger partial charge >= 0.3 is 0 Å². The Kier molecular flexibility index (Phi) is 4.84. The van der Waals surface area contributed by atoms with Gasteiger partial charge in [-0.25, -0.2) is 0 Å². The van der Waals surface area contributed by atoms with E-state index < -0.39 is 0 Å². The normalized spacial score (nSPS) is 24.3. The van der Waals surface area contributed by atoms with Gasteiger partial charge in [0, 0.05) is 25.6 Å². The fourth-order valence-electron chi connectivity index (χ4n) is 2.79.